The minimum atomic E-state index is -1.05. The number of rotatable bonds is 3. The Kier molecular flexibility index (Phi) is 3.85. The fourth-order valence-corrected chi connectivity index (χ4v) is 3.18. The maximum atomic E-state index is 11.6. The van der Waals surface area contributed by atoms with Crippen molar-refractivity contribution in [2.75, 3.05) is 31.2 Å². The molecule has 1 saturated heterocycles. The van der Waals surface area contributed by atoms with Crippen LogP contribution in [-0.4, -0.2) is 52.1 Å². The summed E-state index contributed by atoms with van der Waals surface area (Å²) in [5, 5.41) is 15.0. The molecule has 1 fully saturated rings. The molecule has 1 N–H and O–H groups in total. The van der Waals surface area contributed by atoms with Crippen molar-refractivity contribution in [2.24, 2.45) is 0 Å². The smallest absolute Gasteiger partial charge is 0.354 e. The van der Waals surface area contributed by atoms with E-state index in [1.807, 2.05) is 37.3 Å². The number of para-hydroxylation sites is 1. The predicted octanol–water partition coefficient (Wildman–Crippen LogP) is 2.26. The third kappa shape index (κ3) is 2.72. The van der Waals surface area contributed by atoms with Crippen molar-refractivity contribution in [1.82, 2.24) is 14.8 Å². The number of anilines is 1. The van der Waals surface area contributed by atoms with Gasteiger partial charge >= 0.3 is 5.97 Å². The number of ether oxygens (including phenoxy) is 1. The number of carbonyl (C=O) groups is 1. The molecule has 128 valence electrons. The van der Waals surface area contributed by atoms with Crippen LogP contribution < -0.4 is 4.90 Å². The SMILES string of the molecule is Cc1nn(-c2ccccc2)c2nc(C(=O)O)cc(N3CCOCC3)c12. The molecule has 2 aromatic heterocycles. The van der Waals surface area contributed by atoms with Gasteiger partial charge in [-0.05, 0) is 25.1 Å². The summed E-state index contributed by atoms with van der Waals surface area (Å²) in [5.74, 6) is -1.05. The standard InChI is InChI=1S/C18H18N4O3/c1-12-16-15(21-7-9-25-10-8-21)11-14(18(23)24)19-17(16)22(20-12)13-5-3-2-4-6-13/h2-6,11H,7-10H2,1H3,(H,23,24). The van der Waals surface area contributed by atoms with Gasteiger partial charge < -0.3 is 14.7 Å². The van der Waals surface area contributed by atoms with Gasteiger partial charge in [0.1, 0.15) is 0 Å². The number of morpholine rings is 1. The van der Waals surface area contributed by atoms with E-state index in [0.29, 0.717) is 32.0 Å². The fourth-order valence-electron chi connectivity index (χ4n) is 3.18. The van der Waals surface area contributed by atoms with Crippen LogP contribution in [0, 0.1) is 6.92 Å². The number of carboxylic acids is 1. The van der Waals surface area contributed by atoms with Crippen molar-refractivity contribution in [2.45, 2.75) is 6.92 Å². The zero-order valence-electron chi connectivity index (χ0n) is 13.8. The Morgan fingerprint density at radius 3 is 2.60 bits per heavy atom. The summed E-state index contributed by atoms with van der Waals surface area (Å²) in [6.45, 7) is 4.60. The average Bonchev–Trinajstić information content (AvgIpc) is 2.99. The normalized spacial score (nSPS) is 14.8. The Bertz CT molecular complexity index is 930. The van der Waals surface area contributed by atoms with Gasteiger partial charge in [0.2, 0.25) is 0 Å². The van der Waals surface area contributed by atoms with Crippen LogP contribution in [-0.2, 0) is 4.74 Å². The second-order valence-corrected chi connectivity index (χ2v) is 5.96. The molecule has 0 amide bonds. The first-order chi connectivity index (χ1) is 12.1. The highest BCUT2D eigenvalue weighted by Gasteiger charge is 2.22. The molecule has 7 heteroatoms. The first-order valence-electron chi connectivity index (χ1n) is 8.17. The summed E-state index contributed by atoms with van der Waals surface area (Å²) in [7, 11) is 0. The topological polar surface area (TPSA) is 80.5 Å². The number of nitrogens with zero attached hydrogens (tertiary/aromatic N) is 4. The lowest BCUT2D eigenvalue weighted by molar-refractivity contribution is 0.0691. The molecule has 3 aromatic rings. The van der Waals surface area contributed by atoms with Crippen molar-refractivity contribution >= 4 is 22.7 Å². The number of aromatic carboxylic acids is 1. The summed E-state index contributed by atoms with van der Waals surface area (Å²) in [5.41, 5.74) is 3.11. The Labute approximate surface area is 144 Å². The van der Waals surface area contributed by atoms with E-state index in [9.17, 15) is 9.90 Å². The number of aromatic nitrogens is 3. The van der Waals surface area contributed by atoms with Crippen LogP contribution >= 0.6 is 0 Å². The van der Waals surface area contributed by atoms with Crippen molar-refractivity contribution in [3.63, 3.8) is 0 Å². The highest BCUT2D eigenvalue weighted by atomic mass is 16.5. The maximum absolute atomic E-state index is 11.6. The van der Waals surface area contributed by atoms with E-state index in [1.54, 1.807) is 10.7 Å². The number of hydrogen-bond acceptors (Lipinski definition) is 5. The van der Waals surface area contributed by atoms with Crippen molar-refractivity contribution in [1.29, 1.82) is 0 Å². The Hall–Kier alpha value is -2.93. The fraction of sp³-hybridized carbons (Fsp3) is 0.278. The molecule has 0 aliphatic carbocycles. The monoisotopic (exact) mass is 338 g/mol. The van der Waals surface area contributed by atoms with E-state index in [2.05, 4.69) is 15.0 Å². The van der Waals surface area contributed by atoms with Crippen molar-refractivity contribution in [3.8, 4) is 5.69 Å². The molecule has 0 bridgehead atoms. The molecule has 7 nitrogen and oxygen atoms in total. The second kappa shape index (κ2) is 6.18. The van der Waals surface area contributed by atoms with Crippen LogP contribution in [0.15, 0.2) is 36.4 Å². The number of pyridine rings is 1. The number of hydrogen-bond donors (Lipinski definition) is 1. The summed E-state index contributed by atoms with van der Waals surface area (Å²) in [4.78, 5) is 18.1. The van der Waals surface area contributed by atoms with Crippen molar-refractivity contribution in [3.05, 3.63) is 47.8 Å². The lowest BCUT2D eigenvalue weighted by Gasteiger charge is -2.29. The highest BCUT2D eigenvalue weighted by molar-refractivity contribution is 5.98. The highest BCUT2D eigenvalue weighted by Crippen LogP contribution is 2.31. The molecule has 25 heavy (non-hydrogen) atoms. The molecule has 1 aliphatic rings. The van der Waals surface area contributed by atoms with Gasteiger partial charge in [0, 0.05) is 13.1 Å². The van der Waals surface area contributed by atoms with Crippen LogP contribution in [0.4, 0.5) is 5.69 Å². The van der Waals surface area contributed by atoms with Crippen LogP contribution in [0.25, 0.3) is 16.7 Å². The molecular weight excluding hydrogens is 320 g/mol. The molecule has 1 aromatic carbocycles. The van der Waals surface area contributed by atoms with Crippen LogP contribution in [0.5, 0.6) is 0 Å². The quantitative estimate of drug-likeness (QED) is 0.789. The maximum Gasteiger partial charge on any atom is 0.354 e. The van der Waals surface area contributed by atoms with Gasteiger partial charge in [0.05, 0.1) is 35.7 Å². The summed E-state index contributed by atoms with van der Waals surface area (Å²) in [6.07, 6.45) is 0. The van der Waals surface area contributed by atoms with Gasteiger partial charge in [0.15, 0.2) is 11.3 Å². The van der Waals surface area contributed by atoms with E-state index in [-0.39, 0.29) is 5.69 Å². The van der Waals surface area contributed by atoms with Crippen molar-refractivity contribution < 1.29 is 14.6 Å². The minimum absolute atomic E-state index is 0.0195. The van der Waals surface area contributed by atoms with Gasteiger partial charge in [-0.1, -0.05) is 18.2 Å². The van der Waals surface area contributed by atoms with Crippen LogP contribution in [0.2, 0.25) is 0 Å². The molecule has 0 radical (unpaired) electrons. The first-order valence-corrected chi connectivity index (χ1v) is 8.17. The number of fused-ring (bicyclic) bond motifs is 1. The largest absolute Gasteiger partial charge is 0.477 e. The van der Waals surface area contributed by atoms with E-state index in [0.717, 1.165) is 22.5 Å². The lowest BCUT2D eigenvalue weighted by atomic mass is 10.1. The van der Waals surface area contributed by atoms with Gasteiger partial charge in [0.25, 0.3) is 0 Å². The molecular formula is C18H18N4O3. The summed E-state index contributed by atoms with van der Waals surface area (Å²) in [6, 6.07) is 11.3. The zero-order valence-corrected chi connectivity index (χ0v) is 13.8. The third-order valence-corrected chi connectivity index (χ3v) is 4.36. The lowest BCUT2D eigenvalue weighted by Crippen LogP contribution is -2.36. The molecule has 0 atom stereocenters. The van der Waals surface area contributed by atoms with E-state index < -0.39 is 5.97 Å². The van der Waals surface area contributed by atoms with Crippen LogP contribution in [0.3, 0.4) is 0 Å². The van der Waals surface area contributed by atoms with E-state index in [4.69, 9.17) is 4.74 Å². The Morgan fingerprint density at radius 1 is 1.20 bits per heavy atom. The molecule has 3 heterocycles. The second-order valence-electron chi connectivity index (χ2n) is 5.96. The van der Waals surface area contributed by atoms with Gasteiger partial charge in [-0.2, -0.15) is 5.10 Å². The molecule has 1 aliphatic heterocycles. The molecule has 0 unspecified atom stereocenters. The first kappa shape index (κ1) is 15.6. The van der Waals surface area contributed by atoms with Gasteiger partial charge in [-0.3, -0.25) is 0 Å². The molecule has 4 rings (SSSR count). The van der Waals surface area contributed by atoms with E-state index in [1.165, 1.54) is 0 Å². The number of aryl methyl sites for hydroxylation is 1. The van der Waals surface area contributed by atoms with Gasteiger partial charge in [-0.15, -0.1) is 0 Å². The summed E-state index contributed by atoms with van der Waals surface area (Å²) < 4.78 is 7.13. The Morgan fingerprint density at radius 2 is 1.92 bits per heavy atom. The minimum Gasteiger partial charge on any atom is -0.477 e. The number of benzene rings is 1. The van der Waals surface area contributed by atoms with E-state index >= 15 is 0 Å². The Balaban J connectivity index is 1.98. The molecule has 0 spiro atoms. The zero-order chi connectivity index (χ0) is 17.4. The third-order valence-electron chi connectivity index (χ3n) is 4.36. The average molecular weight is 338 g/mol. The molecule has 0 saturated carbocycles. The van der Waals surface area contributed by atoms with Crippen LogP contribution in [0.1, 0.15) is 16.2 Å². The number of carboxylic acid groups (broad SMARTS) is 1. The van der Waals surface area contributed by atoms with Gasteiger partial charge in [-0.25, -0.2) is 14.5 Å². The summed E-state index contributed by atoms with van der Waals surface area (Å²) >= 11 is 0. The predicted molar refractivity (Wildman–Crippen MR) is 93.6 cm³/mol.